The molecule has 0 aromatic rings. The monoisotopic (exact) mass is 330 g/mol. The second-order valence-electron chi connectivity index (χ2n) is 6.84. The van der Waals surface area contributed by atoms with E-state index < -0.39 is 0 Å². The van der Waals surface area contributed by atoms with Gasteiger partial charge in [0.1, 0.15) is 0 Å². The van der Waals surface area contributed by atoms with Crippen LogP contribution >= 0.6 is 0 Å². The van der Waals surface area contributed by atoms with Gasteiger partial charge in [0.05, 0.1) is 24.6 Å². The Kier molecular flexibility index (Phi) is 12.4. The first-order valence-electron chi connectivity index (χ1n) is 8.77. The zero-order valence-corrected chi connectivity index (χ0v) is 15.7. The van der Waals surface area contributed by atoms with E-state index in [0.29, 0.717) is 32.2 Å². The van der Waals surface area contributed by atoms with Crippen LogP contribution in [0.15, 0.2) is 12.3 Å². The fraction of sp³-hybridized carbons (Fsp3) is 0.889. The molecule has 0 aromatic heterocycles. The molecule has 0 saturated carbocycles. The van der Waals surface area contributed by atoms with E-state index in [1.54, 1.807) is 0 Å². The van der Waals surface area contributed by atoms with Crippen LogP contribution in [0.3, 0.4) is 0 Å². The van der Waals surface area contributed by atoms with E-state index in [2.05, 4.69) is 27.4 Å². The van der Waals surface area contributed by atoms with Gasteiger partial charge in [-0.05, 0) is 46.5 Å². The van der Waals surface area contributed by atoms with E-state index in [9.17, 15) is 0 Å². The Balaban J connectivity index is 3.78. The van der Waals surface area contributed by atoms with Gasteiger partial charge >= 0.3 is 0 Å². The van der Waals surface area contributed by atoms with E-state index in [-0.39, 0.29) is 24.3 Å². The molecule has 4 N–H and O–H groups in total. The summed E-state index contributed by atoms with van der Waals surface area (Å²) in [5.41, 5.74) is 11.4. The molecule has 0 rings (SSSR count). The molecule has 5 unspecified atom stereocenters. The maximum absolute atomic E-state index is 5.84. The van der Waals surface area contributed by atoms with Crippen LogP contribution in [0.5, 0.6) is 0 Å². The van der Waals surface area contributed by atoms with Crippen LogP contribution in [0, 0.1) is 5.92 Å². The molecule has 0 radical (unpaired) electrons. The molecule has 0 amide bonds. The van der Waals surface area contributed by atoms with Crippen molar-refractivity contribution in [3.63, 3.8) is 0 Å². The summed E-state index contributed by atoms with van der Waals surface area (Å²) in [7, 11) is 0. The average molecular weight is 331 g/mol. The molecule has 0 spiro atoms. The minimum atomic E-state index is 0.0803. The topological polar surface area (TPSA) is 79.7 Å². The minimum absolute atomic E-state index is 0.0803. The summed E-state index contributed by atoms with van der Waals surface area (Å²) in [5.74, 6) is 1.16. The summed E-state index contributed by atoms with van der Waals surface area (Å²) in [6, 6.07) is 0.172. The maximum atomic E-state index is 5.84. The smallest absolute Gasteiger partial charge is 0.0980 e. The Hall–Kier alpha value is -0.620. The number of ether oxygens (including phenoxy) is 3. The Morgan fingerprint density at radius 1 is 1.00 bits per heavy atom. The van der Waals surface area contributed by atoms with Crippen LogP contribution in [0.4, 0.5) is 0 Å². The first kappa shape index (κ1) is 22.4. The number of nitrogens with two attached hydrogens (primary N) is 2. The van der Waals surface area contributed by atoms with Gasteiger partial charge in [-0.25, -0.2) is 0 Å². The van der Waals surface area contributed by atoms with Crippen molar-refractivity contribution in [2.75, 3.05) is 19.8 Å². The summed E-state index contributed by atoms with van der Waals surface area (Å²) in [5, 5.41) is 0. The lowest BCUT2D eigenvalue weighted by Crippen LogP contribution is -2.25. The van der Waals surface area contributed by atoms with Crippen LogP contribution < -0.4 is 11.5 Å². The quantitative estimate of drug-likeness (QED) is 0.378. The van der Waals surface area contributed by atoms with Crippen molar-refractivity contribution in [3.05, 3.63) is 12.3 Å². The SMILES string of the molecule is C=C(CC(C)N)OC(C)C(C)CC(C)OCCCOCC(C)N. The van der Waals surface area contributed by atoms with Gasteiger partial charge in [0, 0.05) is 31.7 Å². The van der Waals surface area contributed by atoms with Gasteiger partial charge in [0.2, 0.25) is 0 Å². The van der Waals surface area contributed by atoms with Crippen molar-refractivity contribution in [1.29, 1.82) is 0 Å². The van der Waals surface area contributed by atoms with Gasteiger partial charge in [0.25, 0.3) is 0 Å². The predicted octanol–water partition coefficient (Wildman–Crippen LogP) is 2.83. The van der Waals surface area contributed by atoms with Crippen LogP contribution in [0.2, 0.25) is 0 Å². The van der Waals surface area contributed by atoms with E-state index >= 15 is 0 Å². The zero-order valence-electron chi connectivity index (χ0n) is 15.7. The van der Waals surface area contributed by atoms with E-state index in [1.807, 2.05) is 13.8 Å². The molecule has 138 valence electrons. The second kappa shape index (κ2) is 12.8. The Labute approximate surface area is 142 Å². The lowest BCUT2D eigenvalue weighted by atomic mass is 9.99. The van der Waals surface area contributed by atoms with Gasteiger partial charge in [-0.1, -0.05) is 13.5 Å². The molecule has 5 atom stereocenters. The molecule has 5 heteroatoms. The Bertz CT molecular complexity index is 309. The highest BCUT2D eigenvalue weighted by molar-refractivity contribution is 4.87. The van der Waals surface area contributed by atoms with Gasteiger partial charge in [-0.3, -0.25) is 0 Å². The third-order valence-corrected chi connectivity index (χ3v) is 3.62. The van der Waals surface area contributed by atoms with Gasteiger partial charge in [-0.2, -0.15) is 0 Å². The lowest BCUT2D eigenvalue weighted by Gasteiger charge is -2.25. The average Bonchev–Trinajstić information content (AvgIpc) is 2.41. The maximum Gasteiger partial charge on any atom is 0.0980 e. The fourth-order valence-electron chi connectivity index (χ4n) is 2.28. The van der Waals surface area contributed by atoms with E-state index in [1.165, 1.54) is 0 Å². The van der Waals surface area contributed by atoms with Crippen LogP contribution in [-0.2, 0) is 14.2 Å². The predicted molar refractivity (Wildman–Crippen MR) is 96.2 cm³/mol. The third-order valence-electron chi connectivity index (χ3n) is 3.62. The first-order chi connectivity index (χ1) is 10.7. The van der Waals surface area contributed by atoms with Crippen LogP contribution in [0.1, 0.15) is 53.9 Å². The molecule has 0 aliphatic carbocycles. The molecule has 23 heavy (non-hydrogen) atoms. The van der Waals surface area contributed by atoms with Gasteiger partial charge in [0.15, 0.2) is 0 Å². The number of hydrogen-bond acceptors (Lipinski definition) is 5. The highest BCUT2D eigenvalue weighted by Gasteiger charge is 2.18. The molecule has 0 saturated heterocycles. The van der Waals surface area contributed by atoms with Crippen LogP contribution in [-0.4, -0.2) is 44.1 Å². The van der Waals surface area contributed by atoms with Crippen LogP contribution in [0.25, 0.3) is 0 Å². The summed E-state index contributed by atoms with van der Waals surface area (Å²) in [6.45, 7) is 16.2. The van der Waals surface area contributed by atoms with Crippen molar-refractivity contribution in [1.82, 2.24) is 0 Å². The molecule has 0 aliphatic rings. The normalized spacial score (nSPS) is 18.0. The molecule has 0 bridgehead atoms. The van der Waals surface area contributed by atoms with Crippen molar-refractivity contribution < 1.29 is 14.2 Å². The number of hydrogen-bond donors (Lipinski definition) is 2. The molecule has 0 fully saturated rings. The molecule has 5 nitrogen and oxygen atoms in total. The second-order valence-corrected chi connectivity index (χ2v) is 6.84. The Morgan fingerprint density at radius 3 is 2.22 bits per heavy atom. The zero-order chi connectivity index (χ0) is 17.8. The highest BCUT2D eigenvalue weighted by atomic mass is 16.5. The molecule has 0 aromatic carbocycles. The summed E-state index contributed by atoms with van der Waals surface area (Å²) < 4.78 is 17.1. The molecular formula is C18H38N2O3. The summed E-state index contributed by atoms with van der Waals surface area (Å²) in [4.78, 5) is 0. The first-order valence-corrected chi connectivity index (χ1v) is 8.77. The number of rotatable bonds is 14. The largest absolute Gasteiger partial charge is 0.495 e. The van der Waals surface area contributed by atoms with Crippen molar-refractivity contribution in [2.24, 2.45) is 17.4 Å². The highest BCUT2D eigenvalue weighted by Crippen LogP contribution is 2.19. The van der Waals surface area contributed by atoms with Gasteiger partial charge in [-0.15, -0.1) is 0 Å². The molecular weight excluding hydrogens is 292 g/mol. The minimum Gasteiger partial charge on any atom is -0.495 e. The summed E-state index contributed by atoms with van der Waals surface area (Å²) in [6.07, 6.45) is 2.86. The van der Waals surface area contributed by atoms with E-state index in [0.717, 1.165) is 18.6 Å². The van der Waals surface area contributed by atoms with E-state index in [4.69, 9.17) is 25.7 Å². The third kappa shape index (κ3) is 13.5. The standard InChI is InChI=1S/C18H38N2O3/c1-13(18(6)23-17(5)11-14(2)19)10-16(4)22-9-7-8-21-12-15(3)20/h13-16,18H,5,7-12,19-20H2,1-4,6H3. The summed E-state index contributed by atoms with van der Waals surface area (Å²) >= 11 is 0. The van der Waals surface area contributed by atoms with Gasteiger partial charge < -0.3 is 25.7 Å². The lowest BCUT2D eigenvalue weighted by molar-refractivity contribution is 0.00776. The fourth-order valence-corrected chi connectivity index (χ4v) is 2.28. The van der Waals surface area contributed by atoms with Crippen molar-refractivity contribution >= 4 is 0 Å². The molecule has 0 heterocycles. The van der Waals surface area contributed by atoms with Crippen molar-refractivity contribution in [2.45, 2.75) is 78.2 Å². The Morgan fingerprint density at radius 2 is 1.65 bits per heavy atom. The molecule has 0 aliphatic heterocycles. The van der Waals surface area contributed by atoms with Crippen molar-refractivity contribution in [3.8, 4) is 0 Å².